The van der Waals surface area contributed by atoms with Crippen molar-refractivity contribution >= 4 is 35.7 Å². The van der Waals surface area contributed by atoms with Crippen molar-refractivity contribution in [2.75, 3.05) is 5.32 Å². The Balaban J connectivity index is 0.00000242. The van der Waals surface area contributed by atoms with Gasteiger partial charge >= 0.3 is 0 Å². The smallest absolute Gasteiger partial charge is 0.255 e. The molecule has 0 fully saturated rings. The molecule has 2 aromatic carbocycles. The van der Waals surface area contributed by atoms with E-state index in [4.69, 9.17) is 22.3 Å². The lowest BCUT2D eigenvalue weighted by Gasteiger charge is -2.07. The summed E-state index contributed by atoms with van der Waals surface area (Å²) in [6.07, 6.45) is 0. The van der Waals surface area contributed by atoms with Gasteiger partial charge in [-0.1, -0.05) is 12.1 Å². The van der Waals surface area contributed by atoms with Gasteiger partial charge in [0, 0.05) is 22.4 Å². The summed E-state index contributed by atoms with van der Waals surface area (Å²) in [4.78, 5) is 12.1. The number of halogens is 1. The lowest BCUT2D eigenvalue weighted by Crippen LogP contribution is -2.14. The van der Waals surface area contributed by atoms with Gasteiger partial charge in [-0.2, -0.15) is 0 Å². The van der Waals surface area contributed by atoms with Crippen molar-refractivity contribution in [2.45, 2.75) is 0 Å². The summed E-state index contributed by atoms with van der Waals surface area (Å²) in [7, 11) is 0. The average molecular weight is 318 g/mol. The molecule has 7 N–H and O–H groups in total. The van der Waals surface area contributed by atoms with E-state index in [9.17, 15) is 4.79 Å². The molecular weight excluding hydrogens is 302 g/mol. The highest BCUT2D eigenvalue weighted by Gasteiger charge is 2.07. The van der Waals surface area contributed by atoms with Gasteiger partial charge in [0.05, 0.1) is 0 Å². The molecule has 2 aromatic rings. The van der Waals surface area contributed by atoms with Crippen LogP contribution in [0, 0.1) is 10.8 Å². The summed E-state index contributed by atoms with van der Waals surface area (Å²) in [6.45, 7) is 0. The van der Waals surface area contributed by atoms with Gasteiger partial charge in [-0.15, -0.1) is 12.4 Å². The maximum atomic E-state index is 12.1. The second-order valence-electron chi connectivity index (χ2n) is 4.44. The first-order chi connectivity index (χ1) is 9.97. The number of nitrogen functional groups attached to an aromatic ring is 2. The molecule has 6 nitrogen and oxygen atoms in total. The van der Waals surface area contributed by atoms with Gasteiger partial charge in [-0.25, -0.2) is 0 Å². The summed E-state index contributed by atoms with van der Waals surface area (Å²) in [5.41, 5.74) is 13.0. The van der Waals surface area contributed by atoms with Crippen LogP contribution in [-0.2, 0) is 0 Å². The lowest BCUT2D eigenvalue weighted by atomic mass is 10.1. The van der Waals surface area contributed by atoms with Gasteiger partial charge in [-0.05, 0) is 36.4 Å². The molecule has 2 rings (SSSR count). The molecule has 0 aliphatic heterocycles. The van der Waals surface area contributed by atoms with Crippen molar-refractivity contribution in [1.82, 2.24) is 0 Å². The van der Waals surface area contributed by atoms with E-state index in [1.165, 1.54) is 0 Å². The first-order valence-corrected chi connectivity index (χ1v) is 6.17. The van der Waals surface area contributed by atoms with Crippen LogP contribution >= 0.6 is 12.4 Å². The Hall–Kier alpha value is -2.86. The highest BCUT2D eigenvalue weighted by molar-refractivity contribution is 6.05. The molecule has 0 spiro atoms. The predicted octanol–water partition coefficient (Wildman–Crippen LogP) is 1.93. The van der Waals surface area contributed by atoms with Crippen molar-refractivity contribution in [1.29, 1.82) is 10.8 Å². The molecule has 22 heavy (non-hydrogen) atoms. The van der Waals surface area contributed by atoms with E-state index in [0.29, 0.717) is 22.4 Å². The second kappa shape index (κ2) is 7.24. The minimum atomic E-state index is -0.263. The quantitative estimate of drug-likeness (QED) is 0.436. The van der Waals surface area contributed by atoms with E-state index in [-0.39, 0.29) is 30.0 Å². The standard InChI is InChI=1S/C15H15N5O.ClH/c16-13(17)9-1-3-11(4-2-9)15(21)20-12-7-5-10(6-8-12)14(18)19;/h1-8H,(H3,16,17)(H3,18,19)(H,20,21);1H. The number of benzene rings is 2. The van der Waals surface area contributed by atoms with Crippen LogP contribution in [0.4, 0.5) is 5.69 Å². The molecule has 0 saturated heterocycles. The first kappa shape index (κ1) is 17.2. The molecule has 114 valence electrons. The molecule has 0 atom stereocenters. The van der Waals surface area contributed by atoms with E-state index in [1.807, 2.05) is 0 Å². The molecule has 0 radical (unpaired) electrons. The number of carbonyl (C=O) groups is 1. The fourth-order valence-electron chi connectivity index (χ4n) is 1.74. The van der Waals surface area contributed by atoms with Crippen LogP contribution in [0.3, 0.4) is 0 Å². The van der Waals surface area contributed by atoms with Crippen LogP contribution in [0.1, 0.15) is 21.5 Å². The molecule has 0 heterocycles. The number of rotatable bonds is 4. The van der Waals surface area contributed by atoms with Crippen LogP contribution in [0.5, 0.6) is 0 Å². The van der Waals surface area contributed by atoms with Gasteiger partial charge in [0.1, 0.15) is 11.7 Å². The second-order valence-corrected chi connectivity index (χ2v) is 4.44. The molecule has 0 aliphatic carbocycles. The number of amidine groups is 2. The maximum absolute atomic E-state index is 12.1. The first-order valence-electron chi connectivity index (χ1n) is 6.17. The van der Waals surface area contributed by atoms with Crippen molar-refractivity contribution in [3.8, 4) is 0 Å². The fraction of sp³-hybridized carbons (Fsp3) is 0. The minimum absolute atomic E-state index is 0. The Morgan fingerprint density at radius 1 is 0.773 bits per heavy atom. The molecular formula is C15H16ClN5O. The number of carbonyl (C=O) groups excluding carboxylic acids is 1. The highest BCUT2D eigenvalue weighted by Crippen LogP contribution is 2.12. The average Bonchev–Trinajstić information content (AvgIpc) is 2.47. The normalized spacial score (nSPS) is 9.45. The summed E-state index contributed by atoms with van der Waals surface area (Å²) in [5.74, 6) is -0.324. The number of hydrogen-bond acceptors (Lipinski definition) is 3. The fourth-order valence-corrected chi connectivity index (χ4v) is 1.74. The Labute approximate surface area is 133 Å². The van der Waals surface area contributed by atoms with E-state index in [1.54, 1.807) is 48.5 Å². The van der Waals surface area contributed by atoms with Crippen LogP contribution in [0.15, 0.2) is 48.5 Å². The van der Waals surface area contributed by atoms with Crippen LogP contribution in [0.25, 0.3) is 0 Å². The summed E-state index contributed by atoms with van der Waals surface area (Å²) >= 11 is 0. The highest BCUT2D eigenvalue weighted by atomic mass is 35.5. The topological polar surface area (TPSA) is 129 Å². The van der Waals surface area contributed by atoms with Crippen molar-refractivity contribution in [2.24, 2.45) is 11.5 Å². The minimum Gasteiger partial charge on any atom is -0.384 e. The zero-order valence-corrected chi connectivity index (χ0v) is 12.4. The number of anilines is 1. The Kier molecular flexibility index (Phi) is 5.65. The third-order valence-corrected chi connectivity index (χ3v) is 2.91. The Bertz CT molecular complexity index is 695. The zero-order valence-electron chi connectivity index (χ0n) is 11.6. The van der Waals surface area contributed by atoms with E-state index in [0.717, 1.165) is 0 Å². The van der Waals surface area contributed by atoms with Crippen molar-refractivity contribution < 1.29 is 4.79 Å². The zero-order chi connectivity index (χ0) is 15.4. The molecule has 0 unspecified atom stereocenters. The third kappa shape index (κ3) is 4.07. The summed E-state index contributed by atoms with van der Waals surface area (Å²) in [5, 5.41) is 17.3. The Morgan fingerprint density at radius 3 is 1.55 bits per heavy atom. The maximum Gasteiger partial charge on any atom is 0.255 e. The number of nitrogens with one attached hydrogen (secondary N) is 3. The summed E-state index contributed by atoms with van der Waals surface area (Å²) in [6, 6.07) is 13.1. The number of nitrogens with two attached hydrogens (primary N) is 2. The third-order valence-electron chi connectivity index (χ3n) is 2.91. The van der Waals surface area contributed by atoms with Gasteiger partial charge in [0.25, 0.3) is 5.91 Å². The molecule has 0 aliphatic rings. The Morgan fingerprint density at radius 2 is 1.14 bits per heavy atom. The van der Waals surface area contributed by atoms with E-state index < -0.39 is 0 Å². The largest absolute Gasteiger partial charge is 0.384 e. The molecule has 7 heteroatoms. The van der Waals surface area contributed by atoms with E-state index >= 15 is 0 Å². The molecule has 1 amide bonds. The monoisotopic (exact) mass is 317 g/mol. The summed E-state index contributed by atoms with van der Waals surface area (Å²) < 4.78 is 0. The predicted molar refractivity (Wildman–Crippen MR) is 90.1 cm³/mol. The van der Waals surface area contributed by atoms with Crippen LogP contribution < -0.4 is 16.8 Å². The van der Waals surface area contributed by atoms with E-state index in [2.05, 4.69) is 5.32 Å². The number of amides is 1. The lowest BCUT2D eigenvalue weighted by molar-refractivity contribution is 0.102. The number of hydrogen-bond donors (Lipinski definition) is 5. The van der Waals surface area contributed by atoms with Gasteiger partial charge < -0.3 is 16.8 Å². The molecule has 0 bridgehead atoms. The molecule has 0 aromatic heterocycles. The molecule has 0 saturated carbocycles. The van der Waals surface area contributed by atoms with Crippen LogP contribution in [-0.4, -0.2) is 17.6 Å². The van der Waals surface area contributed by atoms with Crippen molar-refractivity contribution in [3.05, 3.63) is 65.2 Å². The van der Waals surface area contributed by atoms with Crippen LogP contribution in [0.2, 0.25) is 0 Å². The van der Waals surface area contributed by atoms with Gasteiger partial charge in [0.2, 0.25) is 0 Å². The SMILES string of the molecule is Cl.N=C(N)c1ccc(NC(=O)c2ccc(C(=N)N)cc2)cc1. The van der Waals surface area contributed by atoms with Crippen molar-refractivity contribution in [3.63, 3.8) is 0 Å². The van der Waals surface area contributed by atoms with Gasteiger partial charge in [0.15, 0.2) is 0 Å². The van der Waals surface area contributed by atoms with Gasteiger partial charge in [-0.3, -0.25) is 15.6 Å².